The highest BCUT2D eigenvalue weighted by molar-refractivity contribution is 5.75. The maximum absolute atomic E-state index is 10.9. The molecule has 0 unspecified atom stereocenters. The predicted octanol–water partition coefficient (Wildman–Crippen LogP) is 11.7. The van der Waals surface area contributed by atoms with Crippen molar-refractivity contribution in [3.05, 3.63) is 12.2 Å². The van der Waals surface area contributed by atoms with Gasteiger partial charge in [-0.15, -0.1) is 0 Å². The van der Waals surface area contributed by atoms with Gasteiger partial charge in [0.2, 0.25) is 0 Å². The van der Waals surface area contributed by atoms with Crippen molar-refractivity contribution in [2.75, 3.05) is 0 Å². The van der Waals surface area contributed by atoms with Crippen LogP contribution in [-0.2, 0) is 4.79 Å². The molecule has 0 heterocycles. The van der Waals surface area contributed by atoms with Crippen LogP contribution in [0.2, 0.25) is 0 Å². The monoisotopic (exact) mass is 462 g/mol. The number of unbranched alkanes of at least 4 members (excludes halogenated alkanes) is 24. The average Bonchev–Trinajstić information content (AvgIpc) is 2.80. The normalized spacial score (nSPS) is 11.6. The van der Waals surface area contributed by atoms with E-state index in [1.807, 2.05) is 0 Å². The van der Waals surface area contributed by atoms with Crippen LogP contribution >= 0.6 is 0 Å². The highest BCUT2D eigenvalue weighted by Crippen LogP contribution is 2.15. The van der Waals surface area contributed by atoms with Gasteiger partial charge in [-0.25, -0.2) is 0 Å². The summed E-state index contributed by atoms with van der Waals surface area (Å²) in [7, 11) is 0. The lowest BCUT2D eigenvalue weighted by Gasteiger charge is -2.04. The lowest BCUT2D eigenvalue weighted by Crippen LogP contribution is -1.89. The molecule has 1 nitrogen and oxygen atoms in total. The van der Waals surface area contributed by atoms with E-state index >= 15 is 0 Å². The summed E-state index contributed by atoms with van der Waals surface area (Å²) >= 11 is 0. The molecule has 0 radical (unpaired) electrons. The highest BCUT2D eigenvalue weighted by Gasteiger charge is 1.96. The molecule has 0 fully saturated rings. The van der Waals surface area contributed by atoms with Gasteiger partial charge in [0.1, 0.15) is 5.78 Å². The number of Topliss-reactive ketones (excluding diaryl/α,β-unsaturated/α-hetero) is 1. The van der Waals surface area contributed by atoms with Gasteiger partial charge in [-0.1, -0.05) is 154 Å². The van der Waals surface area contributed by atoms with E-state index < -0.39 is 0 Å². The van der Waals surface area contributed by atoms with E-state index in [-0.39, 0.29) is 0 Å². The van der Waals surface area contributed by atoms with E-state index in [1.54, 1.807) is 6.92 Å². The summed E-state index contributed by atoms with van der Waals surface area (Å²) in [5.41, 5.74) is 0. The number of allylic oxidation sites excluding steroid dienone is 2. The van der Waals surface area contributed by atoms with Crippen molar-refractivity contribution in [1.29, 1.82) is 0 Å². The van der Waals surface area contributed by atoms with Crippen LogP contribution in [0.5, 0.6) is 0 Å². The third kappa shape index (κ3) is 31.4. The Morgan fingerprint density at radius 1 is 0.424 bits per heavy atom. The summed E-state index contributed by atoms with van der Waals surface area (Å²) < 4.78 is 0. The summed E-state index contributed by atoms with van der Waals surface area (Å²) in [4.78, 5) is 10.9. The molecular weight excluding hydrogens is 400 g/mol. The quantitative estimate of drug-likeness (QED) is 0.0834. The summed E-state index contributed by atoms with van der Waals surface area (Å²) in [6.07, 6.45) is 41.9. The number of hydrogen-bond acceptors (Lipinski definition) is 1. The van der Waals surface area contributed by atoms with Gasteiger partial charge in [0.05, 0.1) is 0 Å². The SMILES string of the molecule is CCCCCCCC/C=C\CCCCCCCCCCCCCCCCCCCCC(C)=O. The van der Waals surface area contributed by atoms with Crippen molar-refractivity contribution in [3.63, 3.8) is 0 Å². The van der Waals surface area contributed by atoms with Crippen molar-refractivity contribution in [3.8, 4) is 0 Å². The van der Waals surface area contributed by atoms with Crippen LogP contribution in [0.4, 0.5) is 0 Å². The molecule has 196 valence electrons. The highest BCUT2D eigenvalue weighted by atomic mass is 16.1. The van der Waals surface area contributed by atoms with E-state index in [1.165, 1.54) is 161 Å². The molecule has 0 aliphatic heterocycles. The van der Waals surface area contributed by atoms with Crippen LogP contribution in [0.15, 0.2) is 12.2 Å². The molecule has 0 spiro atoms. The maximum atomic E-state index is 10.9. The fraction of sp³-hybridized carbons (Fsp3) is 0.906. The van der Waals surface area contributed by atoms with Gasteiger partial charge in [-0.3, -0.25) is 0 Å². The number of hydrogen-bond donors (Lipinski definition) is 0. The molecule has 0 bridgehead atoms. The molecule has 0 atom stereocenters. The third-order valence-corrected chi connectivity index (χ3v) is 7.04. The minimum Gasteiger partial charge on any atom is -0.300 e. The Labute approximate surface area is 210 Å². The van der Waals surface area contributed by atoms with Gasteiger partial charge in [0.25, 0.3) is 0 Å². The van der Waals surface area contributed by atoms with E-state index in [2.05, 4.69) is 19.1 Å². The van der Waals surface area contributed by atoms with E-state index in [0.29, 0.717) is 5.78 Å². The molecule has 0 aliphatic rings. The number of rotatable bonds is 28. The standard InChI is InChI=1S/C32H62O/c1-3-4-5-6-7-8-9-10-11-12-13-14-15-16-17-18-19-20-21-22-23-24-25-26-27-28-29-30-31-32(2)33/h10-11H,3-9,12-31H2,1-2H3/b11-10-. The molecule has 1 heteroatoms. The Kier molecular flexibility index (Phi) is 28.9. The van der Waals surface area contributed by atoms with Gasteiger partial charge in [0.15, 0.2) is 0 Å². The molecule has 0 aliphatic carbocycles. The first-order valence-corrected chi connectivity index (χ1v) is 15.4. The van der Waals surface area contributed by atoms with E-state index in [4.69, 9.17) is 0 Å². The topological polar surface area (TPSA) is 17.1 Å². The second-order valence-electron chi connectivity index (χ2n) is 10.6. The molecule has 0 aromatic heterocycles. The number of carbonyl (C=O) groups is 1. The molecule has 0 saturated carbocycles. The first-order chi connectivity index (χ1) is 16.3. The zero-order chi connectivity index (χ0) is 24.1. The Morgan fingerprint density at radius 2 is 0.697 bits per heavy atom. The van der Waals surface area contributed by atoms with Crippen molar-refractivity contribution < 1.29 is 4.79 Å². The van der Waals surface area contributed by atoms with E-state index in [0.717, 1.165) is 12.8 Å². The van der Waals surface area contributed by atoms with E-state index in [9.17, 15) is 4.79 Å². The van der Waals surface area contributed by atoms with Crippen LogP contribution in [0, 0.1) is 0 Å². The minimum absolute atomic E-state index is 0.350. The number of carbonyl (C=O) groups excluding carboxylic acids is 1. The van der Waals surface area contributed by atoms with Crippen LogP contribution in [-0.4, -0.2) is 5.78 Å². The number of ketones is 1. The first-order valence-electron chi connectivity index (χ1n) is 15.4. The second kappa shape index (κ2) is 29.4. The van der Waals surface area contributed by atoms with Gasteiger partial charge in [0, 0.05) is 6.42 Å². The Bertz CT molecular complexity index is 397. The average molecular weight is 463 g/mol. The van der Waals surface area contributed by atoms with Crippen molar-refractivity contribution in [2.24, 2.45) is 0 Å². The molecule has 0 N–H and O–H groups in total. The summed E-state index contributed by atoms with van der Waals surface area (Å²) in [6, 6.07) is 0. The maximum Gasteiger partial charge on any atom is 0.129 e. The first kappa shape index (κ1) is 32.4. The summed E-state index contributed by atoms with van der Waals surface area (Å²) in [6.45, 7) is 4.00. The smallest absolute Gasteiger partial charge is 0.129 e. The van der Waals surface area contributed by atoms with Crippen LogP contribution in [0.1, 0.15) is 187 Å². The Balaban J connectivity index is 3.06. The zero-order valence-corrected chi connectivity index (χ0v) is 23.2. The third-order valence-electron chi connectivity index (χ3n) is 7.04. The molecular formula is C32H62O. The molecule has 0 rings (SSSR count). The minimum atomic E-state index is 0.350. The zero-order valence-electron chi connectivity index (χ0n) is 23.2. The van der Waals surface area contributed by atoms with Gasteiger partial charge in [-0.05, 0) is 39.0 Å². The predicted molar refractivity (Wildman–Crippen MR) is 150 cm³/mol. The Hall–Kier alpha value is -0.590. The lowest BCUT2D eigenvalue weighted by atomic mass is 10.0. The van der Waals surface area contributed by atoms with Crippen LogP contribution in [0.25, 0.3) is 0 Å². The van der Waals surface area contributed by atoms with Crippen LogP contribution in [0.3, 0.4) is 0 Å². The van der Waals surface area contributed by atoms with Crippen molar-refractivity contribution >= 4 is 5.78 Å². The van der Waals surface area contributed by atoms with Gasteiger partial charge in [-0.2, -0.15) is 0 Å². The Morgan fingerprint density at radius 3 is 1.00 bits per heavy atom. The second-order valence-corrected chi connectivity index (χ2v) is 10.6. The lowest BCUT2D eigenvalue weighted by molar-refractivity contribution is -0.117. The molecule has 0 amide bonds. The fourth-order valence-corrected chi connectivity index (χ4v) is 4.74. The summed E-state index contributed by atoms with van der Waals surface area (Å²) in [5.74, 6) is 0.350. The summed E-state index contributed by atoms with van der Waals surface area (Å²) in [5, 5.41) is 0. The van der Waals surface area contributed by atoms with Crippen molar-refractivity contribution in [1.82, 2.24) is 0 Å². The van der Waals surface area contributed by atoms with Crippen molar-refractivity contribution in [2.45, 2.75) is 187 Å². The van der Waals surface area contributed by atoms with Crippen LogP contribution < -0.4 is 0 Å². The van der Waals surface area contributed by atoms with Gasteiger partial charge < -0.3 is 4.79 Å². The largest absolute Gasteiger partial charge is 0.300 e. The van der Waals surface area contributed by atoms with Gasteiger partial charge >= 0.3 is 0 Å². The molecule has 33 heavy (non-hydrogen) atoms. The molecule has 0 saturated heterocycles. The molecule has 0 aromatic carbocycles. The fourth-order valence-electron chi connectivity index (χ4n) is 4.74. The molecule has 0 aromatic rings.